The van der Waals surface area contributed by atoms with Gasteiger partial charge in [-0.2, -0.15) is 0 Å². The van der Waals surface area contributed by atoms with Crippen molar-refractivity contribution >= 4 is 17.1 Å². The van der Waals surface area contributed by atoms with Crippen molar-refractivity contribution in [2.75, 3.05) is 13.1 Å². The van der Waals surface area contributed by atoms with Crippen molar-refractivity contribution < 1.29 is 18.1 Å². The van der Waals surface area contributed by atoms with Crippen LogP contribution in [-0.4, -0.2) is 46.8 Å². The van der Waals surface area contributed by atoms with Gasteiger partial charge in [0.05, 0.1) is 24.4 Å². The van der Waals surface area contributed by atoms with Crippen molar-refractivity contribution in [3.63, 3.8) is 0 Å². The second-order valence-electron chi connectivity index (χ2n) is 24.4. The second-order valence-corrected chi connectivity index (χ2v) is 27.2. The minimum atomic E-state index is -1.25. The summed E-state index contributed by atoms with van der Waals surface area (Å²) >= 11 is 0. The van der Waals surface area contributed by atoms with Crippen molar-refractivity contribution in [3.8, 4) is 0 Å². The van der Waals surface area contributed by atoms with Gasteiger partial charge in [-0.05, 0) is 179 Å². The third-order valence-corrected chi connectivity index (χ3v) is 25.0. The molecule has 10 fully saturated rings. The molecule has 6 nitrogen and oxygen atoms in total. The first-order chi connectivity index (χ1) is 33.1. The zero-order chi connectivity index (χ0) is 44.8. The van der Waals surface area contributed by atoms with Gasteiger partial charge in [0.2, 0.25) is 0 Å². The largest absolute Gasteiger partial charge is 0.318 e. The molecule has 10 aliphatic rings. The molecule has 2 aromatic carbocycles. The van der Waals surface area contributed by atoms with Crippen LogP contribution in [0.3, 0.4) is 0 Å². The zero-order valence-electron chi connectivity index (χ0n) is 41.7. The lowest BCUT2D eigenvalue weighted by molar-refractivity contribution is -0.0856. The zero-order valence-corrected chi connectivity index (χ0v) is 43.5. The van der Waals surface area contributed by atoms with E-state index in [2.05, 4.69) is 83.9 Å². The van der Waals surface area contributed by atoms with E-state index in [9.17, 15) is 0 Å². The summed E-state index contributed by atoms with van der Waals surface area (Å²) in [5.74, 6) is 9.62. The third kappa shape index (κ3) is 9.50. The Morgan fingerprint density at radius 1 is 0.388 bits per heavy atom. The van der Waals surface area contributed by atoms with E-state index in [0.29, 0.717) is 48.1 Å². The number of rotatable bonds is 10. The quantitative estimate of drug-likeness (QED) is 0.221. The SMILES string of the molecule is C[C@@H](c1ccccc1)N(CCCN([C@@H](C)c1ccccc1)P1OC2CCC3CCCCC3C2C2C(CCC3CCCCC32)O1)P1OC2CCC3CCCCC3C2C2C(CCC3CCCCC32)O1. The van der Waals surface area contributed by atoms with Gasteiger partial charge in [0.1, 0.15) is 0 Å². The van der Waals surface area contributed by atoms with Gasteiger partial charge < -0.3 is 18.1 Å². The molecule has 2 heterocycles. The van der Waals surface area contributed by atoms with E-state index in [4.69, 9.17) is 18.1 Å². The maximum atomic E-state index is 7.76. The normalized spacial score (nSPS) is 43.8. The van der Waals surface area contributed by atoms with Crippen LogP contribution >= 0.6 is 17.1 Å². The lowest BCUT2D eigenvalue weighted by Gasteiger charge is -2.53. The summed E-state index contributed by atoms with van der Waals surface area (Å²) < 4.78 is 36.5. The van der Waals surface area contributed by atoms with Gasteiger partial charge >= 0.3 is 0 Å². The Kier molecular flexibility index (Phi) is 14.9. The predicted molar refractivity (Wildman–Crippen MR) is 274 cm³/mol. The van der Waals surface area contributed by atoms with Crippen LogP contribution in [0.25, 0.3) is 0 Å². The molecule has 8 aliphatic carbocycles. The summed E-state index contributed by atoms with van der Waals surface area (Å²) in [6, 6.07) is 23.1. The molecule has 8 saturated carbocycles. The van der Waals surface area contributed by atoms with Crippen LogP contribution in [0.2, 0.25) is 0 Å². The molecule has 18 atom stereocenters. The van der Waals surface area contributed by atoms with Crippen LogP contribution in [0.4, 0.5) is 0 Å². The molecule has 0 amide bonds. The van der Waals surface area contributed by atoms with Crippen LogP contribution in [0.1, 0.15) is 198 Å². The monoisotopic (exact) mass is 951 g/mol. The van der Waals surface area contributed by atoms with Gasteiger partial charge in [0.15, 0.2) is 0 Å². The summed E-state index contributed by atoms with van der Waals surface area (Å²) in [6.45, 7) is 6.80. The van der Waals surface area contributed by atoms with Crippen LogP contribution in [0.5, 0.6) is 0 Å². The van der Waals surface area contributed by atoms with Crippen molar-refractivity contribution in [1.29, 1.82) is 0 Å². The highest BCUT2D eigenvalue weighted by molar-refractivity contribution is 7.45. The molecule has 0 bridgehead atoms. The van der Waals surface area contributed by atoms with E-state index in [-0.39, 0.29) is 12.1 Å². The summed E-state index contributed by atoms with van der Waals surface area (Å²) in [5, 5.41) is 0. The number of benzene rings is 2. The number of nitrogens with zero attached hydrogens (tertiary/aromatic N) is 2. The van der Waals surface area contributed by atoms with Gasteiger partial charge in [0, 0.05) is 25.2 Å². The van der Waals surface area contributed by atoms with Gasteiger partial charge in [-0.15, -0.1) is 0 Å². The number of fused-ring (bicyclic) bond motifs is 14. The average Bonchev–Trinajstić information content (AvgIpc) is 3.67. The van der Waals surface area contributed by atoms with Crippen molar-refractivity contribution in [1.82, 2.24) is 9.34 Å². The fourth-order valence-electron chi connectivity index (χ4n) is 18.2. The number of hydrogen-bond acceptors (Lipinski definition) is 6. The van der Waals surface area contributed by atoms with E-state index in [1.54, 1.807) is 0 Å². The standard InChI is InChI=1S/C59H88N2O4P2/c1-40(42-18-5-3-6-19-42)60(66-62-52-34-30-44-22-9-13-26-48(44)56(52)57-49-27-14-10-23-45(49)31-35-53(57)63-66)38-17-39-61(41(2)43-20-7-4-8-21-43)67-64-54-36-32-46-24-11-15-28-50(46)58(54)59-51-29-16-12-25-47(51)33-37-55(59)65-67/h3-8,18-21,40-41,44-59H,9-17,22-39H2,1-2H3/t40-,41-,44?,45?,46?,47?,48?,49?,50?,51?,52?,53?,54?,55?,56?,57?,58?,59?,66?,67?/m0/s1. The van der Waals surface area contributed by atoms with Crippen LogP contribution in [-0.2, 0) is 18.1 Å². The Morgan fingerprint density at radius 2 is 0.672 bits per heavy atom. The Hall–Kier alpha value is -0.940. The Labute approximate surface area is 409 Å². The molecule has 0 spiro atoms. The lowest BCUT2D eigenvalue weighted by atomic mass is 9.53. The van der Waals surface area contributed by atoms with E-state index in [0.717, 1.165) is 66.9 Å². The van der Waals surface area contributed by atoms with Crippen LogP contribution in [0.15, 0.2) is 60.7 Å². The fraction of sp³-hybridized carbons (Fsp3) is 0.797. The molecule has 8 heteroatoms. The lowest BCUT2D eigenvalue weighted by Crippen LogP contribution is -2.51. The molecule has 2 aromatic rings. The van der Waals surface area contributed by atoms with Gasteiger partial charge in [0.25, 0.3) is 17.1 Å². The first-order valence-electron chi connectivity index (χ1n) is 29.0. The maximum Gasteiger partial charge on any atom is 0.259 e. The highest BCUT2D eigenvalue weighted by Gasteiger charge is 2.58. The maximum absolute atomic E-state index is 7.76. The molecule has 67 heavy (non-hydrogen) atoms. The van der Waals surface area contributed by atoms with Crippen molar-refractivity contribution in [2.24, 2.45) is 71.0 Å². The van der Waals surface area contributed by atoms with E-state index in [1.807, 2.05) is 0 Å². The van der Waals surface area contributed by atoms with Gasteiger partial charge in [-0.3, -0.25) is 0 Å². The third-order valence-electron chi connectivity index (χ3n) is 21.3. The Bertz CT molecular complexity index is 1680. The molecule has 2 aliphatic heterocycles. The topological polar surface area (TPSA) is 43.4 Å². The van der Waals surface area contributed by atoms with Crippen molar-refractivity contribution in [3.05, 3.63) is 71.8 Å². The summed E-state index contributed by atoms with van der Waals surface area (Å²) in [6.07, 6.45) is 35.6. The molecule has 2 saturated heterocycles. The van der Waals surface area contributed by atoms with Crippen molar-refractivity contribution in [2.45, 2.75) is 211 Å². The highest BCUT2D eigenvalue weighted by atomic mass is 31.2. The molecular formula is C59H88N2O4P2. The summed E-state index contributed by atoms with van der Waals surface area (Å²) in [4.78, 5) is 0. The molecule has 0 aromatic heterocycles. The van der Waals surface area contributed by atoms with E-state index >= 15 is 0 Å². The summed E-state index contributed by atoms with van der Waals surface area (Å²) in [7, 11) is -2.50. The average molecular weight is 951 g/mol. The molecule has 16 unspecified atom stereocenters. The highest BCUT2D eigenvalue weighted by Crippen LogP contribution is 2.66. The molecule has 0 radical (unpaired) electrons. The predicted octanol–water partition coefficient (Wildman–Crippen LogP) is 16.4. The smallest absolute Gasteiger partial charge is 0.259 e. The minimum Gasteiger partial charge on any atom is -0.318 e. The first-order valence-corrected chi connectivity index (χ1v) is 31.2. The molecule has 12 rings (SSSR count). The van der Waals surface area contributed by atoms with E-state index < -0.39 is 17.1 Å². The fourth-order valence-corrected chi connectivity index (χ4v) is 22.1. The van der Waals surface area contributed by atoms with Gasteiger partial charge in [-0.1, -0.05) is 138 Å². The minimum absolute atomic E-state index is 0.202. The summed E-state index contributed by atoms with van der Waals surface area (Å²) in [5.41, 5.74) is 2.76. The molecular weight excluding hydrogens is 863 g/mol. The Morgan fingerprint density at radius 3 is 0.970 bits per heavy atom. The second kappa shape index (κ2) is 21.3. The molecule has 0 N–H and O–H groups in total. The van der Waals surface area contributed by atoms with Gasteiger partial charge in [-0.25, -0.2) is 9.34 Å². The van der Waals surface area contributed by atoms with Crippen LogP contribution in [0, 0.1) is 71.0 Å². The Balaban J connectivity index is 0.851. The molecule has 368 valence electrons. The number of hydrogen-bond donors (Lipinski definition) is 0. The van der Waals surface area contributed by atoms with E-state index in [1.165, 1.54) is 165 Å². The van der Waals surface area contributed by atoms with Crippen LogP contribution < -0.4 is 0 Å². The first kappa shape index (κ1) is 47.1.